The Balaban J connectivity index is 2.34. The molecule has 0 saturated heterocycles. The quantitative estimate of drug-likeness (QED) is 0.789. The Labute approximate surface area is 140 Å². The maximum atomic E-state index is 11.1. The maximum Gasteiger partial charge on any atom is 0.344 e. The molecular weight excluding hydrogens is 310 g/mol. The molecule has 0 aliphatic carbocycles. The molecule has 2 aromatic carbocycles. The molecule has 0 aromatic heterocycles. The van der Waals surface area contributed by atoms with Crippen LogP contribution in [0.1, 0.15) is 12.5 Å². The van der Waals surface area contributed by atoms with Crippen LogP contribution in [-0.2, 0) is 4.79 Å². The van der Waals surface area contributed by atoms with Gasteiger partial charge in [0, 0.05) is 17.8 Å². The van der Waals surface area contributed by atoms with Crippen molar-refractivity contribution in [2.45, 2.75) is 13.0 Å². The van der Waals surface area contributed by atoms with Crippen molar-refractivity contribution in [2.75, 3.05) is 14.2 Å². The number of aliphatic carboxylic acids is 1. The maximum absolute atomic E-state index is 11.1. The van der Waals surface area contributed by atoms with Gasteiger partial charge in [0.1, 0.15) is 5.75 Å². The van der Waals surface area contributed by atoms with E-state index in [1.54, 1.807) is 37.6 Å². The molecule has 2 aromatic rings. The van der Waals surface area contributed by atoms with Crippen molar-refractivity contribution in [3.05, 3.63) is 48.0 Å². The predicted octanol–water partition coefficient (Wildman–Crippen LogP) is 3.31. The van der Waals surface area contributed by atoms with Crippen LogP contribution in [0.2, 0.25) is 0 Å². The second-order valence-corrected chi connectivity index (χ2v) is 4.94. The number of benzene rings is 2. The first kappa shape index (κ1) is 17.3. The SMILES string of the molecule is COc1cccc(N=Cc2cccc(OC)c2O[C@H](C)C(=O)O)c1. The first-order chi connectivity index (χ1) is 11.5. The summed E-state index contributed by atoms with van der Waals surface area (Å²) in [5.41, 5.74) is 1.32. The molecule has 1 atom stereocenters. The van der Waals surface area contributed by atoms with Crippen molar-refractivity contribution >= 4 is 17.9 Å². The summed E-state index contributed by atoms with van der Waals surface area (Å²) in [4.78, 5) is 15.4. The number of nitrogens with zero attached hydrogens (tertiary/aromatic N) is 1. The van der Waals surface area contributed by atoms with Gasteiger partial charge < -0.3 is 19.3 Å². The van der Waals surface area contributed by atoms with Crippen LogP contribution in [-0.4, -0.2) is 37.6 Å². The number of rotatable bonds is 7. The van der Waals surface area contributed by atoms with Crippen molar-refractivity contribution < 1.29 is 24.1 Å². The topological polar surface area (TPSA) is 77.3 Å². The average molecular weight is 329 g/mol. The van der Waals surface area contributed by atoms with Crippen LogP contribution in [0.3, 0.4) is 0 Å². The van der Waals surface area contributed by atoms with Crippen molar-refractivity contribution in [3.8, 4) is 17.2 Å². The third-order valence-electron chi connectivity index (χ3n) is 3.28. The Hall–Kier alpha value is -3.02. The van der Waals surface area contributed by atoms with E-state index in [1.165, 1.54) is 14.0 Å². The first-order valence-corrected chi connectivity index (χ1v) is 7.29. The Morgan fingerprint density at radius 3 is 2.58 bits per heavy atom. The highest BCUT2D eigenvalue weighted by molar-refractivity contribution is 5.87. The Morgan fingerprint density at radius 1 is 1.17 bits per heavy atom. The summed E-state index contributed by atoms with van der Waals surface area (Å²) in [6.45, 7) is 1.46. The number of aliphatic imine (C=N–C) groups is 1. The lowest BCUT2D eigenvalue weighted by Gasteiger charge is -2.15. The van der Waals surface area contributed by atoms with Crippen LogP contribution in [0, 0.1) is 0 Å². The molecule has 0 heterocycles. The minimum absolute atomic E-state index is 0.335. The molecule has 0 aliphatic heterocycles. The molecule has 6 nitrogen and oxygen atoms in total. The third kappa shape index (κ3) is 4.25. The van der Waals surface area contributed by atoms with Gasteiger partial charge in [-0.1, -0.05) is 12.1 Å². The number of carbonyl (C=O) groups is 1. The van der Waals surface area contributed by atoms with Crippen LogP contribution in [0.5, 0.6) is 17.2 Å². The number of hydrogen-bond donors (Lipinski definition) is 1. The van der Waals surface area contributed by atoms with Crippen molar-refractivity contribution in [3.63, 3.8) is 0 Å². The van der Waals surface area contributed by atoms with E-state index in [4.69, 9.17) is 19.3 Å². The van der Waals surface area contributed by atoms with E-state index in [0.717, 1.165) is 0 Å². The summed E-state index contributed by atoms with van der Waals surface area (Å²) in [6.07, 6.45) is 0.589. The summed E-state index contributed by atoms with van der Waals surface area (Å²) < 4.78 is 15.9. The third-order valence-corrected chi connectivity index (χ3v) is 3.28. The Kier molecular flexibility index (Phi) is 5.78. The van der Waals surface area contributed by atoms with E-state index >= 15 is 0 Å². The molecule has 0 radical (unpaired) electrons. The highest BCUT2D eigenvalue weighted by atomic mass is 16.5. The van der Waals surface area contributed by atoms with Crippen LogP contribution in [0.4, 0.5) is 5.69 Å². The number of carboxylic acids is 1. The first-order valence-electron chi connectivity index (χ1n) is 7.29. The second-order valence-electron chi connectivity index (χ2n) is 4.94. The molecule has 6 heteroatoms. The Morgan fingerprint density at radius 2 is 1.92 bits per heavy atom. The molecule has 0 aliphatic rings. The van der Waals surface area contributed by atoms with Gasteiger partial charge in [0.2, 0.25) is 0 Å². The summed E-state index contributed by atoms with van der Waals surface area (Å²) >= 11 is 0. The number of ether oxygens (including phenoxy) is 3. The molecule has 0 bridgehead atoms. The van der Waals surface area contributed by atoms with E-state index in [1.807, 2.05) is 18.2 Å². The number of hydrogen-bond acceptors (Lipinski definition) is 5. The van der Waals surface area contributed by atoms with E-state index in [-0.39, 0.29) is 0 Å². The van der Waals surface area contributed by atoms with E-state index in [0.29, 0.717) is 28.5 Å². The molecule has 2 rings (SSSR count). The molecule has 0 fully saturated rings. The summed E-state index contributed by atoms with van der Waals surface area (Å²) in [5.74, 6) is 0.419. The molecule has 0 unspecified atom stereocenters. The highest BCUT2D eigenvalue weighted by Crippen LogP contribution is 2.31. The molecule has 0 saturated carbocycles. The molecule has 126 valence electrons. The van der Waals surface area contributed by atoms with Gasteiger partial charge in [-0.3, -0.25) is 4.99 Å². The molecule has 24 heavy (non-hydrogen) atoms. The van der Waals surface area contributed by atoms with Crippen molar-refractivity contribution in [1.82, 2.24) is 0 Å². The number of methoxy groups -OCH3 is 2. The fourth-order valence-corrected chi connectivity index (χ4v) is 1.98. The van der Waals surface area contributed by atoms with Gasteiger partial charge in [-0.05, 0) is 31.2 Å². The zero-order valence-corrected chi connectivity index (χ0v) is 13.7. The summed E-state index contributed by atoms with van der Waals surface area (Å²) in [7, 11) is 3.08. The normalized spacial score (nSPS) is 12.0. The van der Waals surface area contributed by atoms with Crippen molar-refractivity contribution in [1.29, 1.82) is 0 Å². The molecule has 0 amide bonds. The number of para-hydroxylation sites is 1. The zero-order chi connectivity index (χ0) is 17.5. The standard InChI is InChI=1S/C18H19NO5/c1-12(18(20)21)24-17-13(6-4-9-16(17)23-3)11-19-14-7-5-8-15(10-14)22-2/h4-12H,1-3H3,(H,20,21)/t12-/m1/s1. The van der Waals surface area contributed by atoms with Crippen LogP contribution < -0.4 is 14.2 Å². The molecular formula is C18H19NO5. The summed E-state index contributed by atoms with van der Waals surface area (Å²) in [6, 6.07) is 12.5. The monoisotopic (exact) mass is 329 g/mol. The minimum Gasteiger partial charge on any atom is -0.497 e. The lowest BCUT2D eigenvalue weighted by molar-refractivity contribution is -0.144. The van der Waals surface area contributed by atoms with Gasteiger partial charge >= 0.3 is 5.97 Å². The lowest BCUT2D eigenvalue weighted by Crippen LogP contribution is -2.23. The average Bonchev–Trinajstić information content (AvgIpc) is 2.60. The Bertz CT molecular complexity index is 742. The van der Waals surface area contributed by atoms with Gasteiger partial charge in [0.15, 0.2) is 17.6 Å². The molecule has 0 spiro atoms. The van der Waals surface area contributed by atoms with Gasteiger partial charge in [-0.25, -0.2) is 4.79 Å². The van der Waals surface area contributed by atoms with Crippen LogP contribution >= 0.6 is 0 Å². The number of carboxylic acid groups (broad SMARTS) is 1. The van der Waals surface area contributed by atoms with Gasteiger partial charge in [-0.2, -0.15) is 0 Å². The lowest BCUT2D eigenvalue weighted by atomic mass is 10.2. The van der Waals surface area contributed by atoms with E-state index in [9.17, 15) is 4.79 Å². The predicted molar refractivity (Wildman–Crippen MR) is 91.0 cm³/mol. The van der Waals surface area contributed by atoms with Gasteiger partial charge in [0.25, 0.3) is 0 Å². The van der Waals surface area contributed by atoms with E-state index < -0.39 is 12.1 Å². The fourth-order valence-electron chi connectivity index (χ4n) is 1.98. The zero-order valence-electron chi connectivity index (χ0n) is 13.7. The largest absolute Gasteiger partial charge is 0.497 e. The van der Waals surface area contributed by atoms with E-state index in [2.05, 4.69) is 4.99 Å². The molecule has 1 N–H and O–H groups in total. The van der Waals surface area contributed by atoms with Gasteiger partial charge in [-0.15, -0.1) is 0 Å². The smallest absolute Gasteiger partial charge is 0.344 e. The summed E-state index contributed by atoms with van der Waals surface area (Å²) in [5, 5.41) is 9.05. The van der Waals surface area contributed by atoms with Crippen molar-refractivity contribution in [2.24, 2.45) is 4.99 Å². The minimum atomic E-state index is -1.06. The van der Waals surface area contributed by atoms with Crippen LogP contribution in [0.25, 0.3) is 0 Å². The second kappa shape index (κ2) is 8.01. The highest BCUT2D eigenvalue weighted by Gasteiger charge is 2.17. The van der Waals surface area contributed by atoms with Crippen LogP contribution in [0.15, 0.2) is 47.5 Å². The fraction of sp³-hybridized carbons (Fsp3) is 0.222. The van der Waals surface area contributed by atoms with Gasteiger partial charge in [0.05, 0.1) is 19.9 Å².